The largest absolute Gasteiger partial charge is 0.494 e. The van der Waals surface area contributed by atoms with Crippen molar-refractivity contribution in [3.63, 3.8) is 0 Å². The summed E-state index contributed by atoms with van der Waals surface area (Å²) >= 11 is 0. The third kappa shape index (κ3) is 4.88. The first-order valence-electron chi connectivity index (χ1n) is 6.71. The second kappa shape index (κ2) is 6.74. The summed E-state index contributed by atoms with van der Waals surface area (Å²) in [5.41, 5.74) is 2.20. The molecular weight excluding hydrogens is 288 g/mol. The van der Waals surface area contributed by atoms with Crippen molar-refractivity contribution in [2.75, 3.05) is 6.61 Å². The van der Waals surface area contributed by atoms with Gasteiger partial charge in [-0.05, 0) is 49.6 Å². The lowest BCUT2D eigenvalue weighted by Crippen LogP contribution is -2.00. The molecule has 0 heterocycles. The summed E-state index contributed by atoms with van der Waals surface area (Å²) in [6, 6.07) is 14.1. The molecule has 2 aromatic carbocycles. The Balaban J connectivity index is 1.80. The lowest BCUT2D eigenvalue weighted by Gasteiger charge is -2.07. The summed E-state index contributed by atoms with van der Waals surface area (Å²) in [4.78, 5) is -0.0813. The fraction of sp³-hybridized carbons (Fsp3) is 0.250. The smallest absolute Gasteiger partial charge is 0.294 e. The summed E-state index contributed by atoms with van der Waals surface area (Å²) in [5.74, 6) is 0.849. The van der Waals surface area contributed by atoms with Crippen LogP contribution in [0.4, 0.5) is 0 Å². The fourth-order valence-electron chi connectivity index (χ4n) is 1.93. The normalized spacial score (nSPS) is 11.3. The Morgan fingerprint density at radius 1 is 1.00 bits per heavy atom. The molecule has 0 saturated carbocycles. The number of hydrogen-bond donors (Lipinski definition) is 1. The van der Waals surface area contributed by atoms with E-state index in [2.05, 4.69) is 0 Å². The molecule has 5 heteroatoms. The van der Waals surface area contributed by atoms with Crippen molar-refractivity contribution in [1.29, 1.82) is 0 Å². The van der Waals surface area contributed by atoms with E-state index in [0.29, 0.717) is 6.61 Å². The van der Waals surface area contributed by atoms with E-state index in [1.165, 1.54) is 17.7 Å². The summed E-state index contributed by atoms with van der Waals surface area (Å²) in [5, 5.41) is 0. The molecule has 0 unspecified atom stereocenters. The third-order valence-electron chi connectivity index (χ3n) is 3.12. The van der Waals surface area contributed by atoms with Gasteiger partial charge in [0.1, 0.15) is 5.75 Å². The monoisotopic (exact) mass is 306 g/mol. The van der Waals surface area contributed by atoms with Crippen molar-refractivity contribution in [3.05, 3.63) is 59.7 Å². The molecule has 21 heavy (non-hydrogen) atoms. The van der Waals surface area contributed by atoms with E-state index >= 15 is 0 Å². The first-order valence-corrected chi connectivity index (χ1v) is 8.15. The van der Waals surface area contributed by atoms with Gasteiger partial charge in [-0.25, -0.2) is 0 Å². The van der Waals surface area contributed by atoms with Gasteiger partial charge in [-0.3, -0.25) is 4.55 Å². The zero-order chi connectivity index (χ0) is 15.3. The molecule has 1 N–H and O–H groups in total. The number of hydrogen-bond acceptors (Lipinski definition) is 3. The fourth-order valence-corrected chi connectivity index (χ4v) is 2.41. The van der Waals surface area contributed by atoms with E-state index in [9.17, 15) is 8.42 Å². The molecule has 0 amide bonds. The van der Waals surface area contributed by atoms with Crippen molar-refractivity contribution in [2.45, 2.75) is 24.7 Å². The van der Waals surface area contributed by atoms with Gasteiger partial charge in [0.05, 0.1) is 11.5 Å². The maximum atomic E-state index is 10.9. The summed E-state index contributed by atoms with van der Waals surface area (Å²) < 4.78 is 36.4. The minimum atomic E-state index is -4.11. The van der Waals surface area contributed by atoms with Crippen molar-refractivity contribution in [1.82, 2.24) is 0 Å². The second-order valence-corrected chi connectivity index (χ2v) is 6.31. The predicted octanol–water partition coefficient (Wildman–Crippen LogP) is 3.25. The van der Waals surface area contributed by atoms with Gasteiger partial charge in [0, 0.05) is 0 Å². The van der Waals surface area contributed by atoms with Crippen LogP contribution in [0.3, 0.4) is 0 Å². The zero-order valence-electron chi connectivity index (χ0n) is 11.8. The first-order chi connectivity index (χ1) is 9.95. The molecule has 0 spiro atoms. The van der Waals surface area contributed by atoms with Crippen LogP contribution in [-0.4, -0.2) is 19.6 Å². The van der Waals surface area contributed by atoms with Gasteiger partial charge >= 0.3 is 0 Å². The molecule has 0 bridgehead atoms. The Hall–Kier alpha value is -1.85. The molecule has 0 aromatic heterocycles. The quantitative estimate of drug-likeness (QED) is 0.657. The molecule has 0 saturated heterocycles. The number of benzene rings is 2. The second-order valence-electron chi connectivity index (χ2n) is 4.88. The average Bonchev–Trinajstić information content (AvgIpc) is 2.45. The van der Waals surface area contributed by atoms with Gasteiger partial charge in [0.15, 0.2) is 0 Å². The van der Waals surface area contributed by atoms with Crippen LogP contribution in [0, 0.1) is 6.92 Å². The Labute approximate surface area is 125 Å². The summed E-state index contributed by atoms with van der Waals surface area (Å²) in [6.07, 6.45) is 1.62. The van der Waals surface area contributed by atoms with Gasteiger partial charge in [-0.1, -0.05) is 29.8 Å². The minimum Gasteiger partial charge on any atom is -0.494 e. The third-order valence-corrected chi connectivity index (χ3v) is 3.99. The van der Waals surface area contributed by atoms with Gasteiger partial charge in [-0.15, -0.1) is 0 Å². The molecule has 0 fully saturated rings. The maximum absolute atomic E-state index is 10.9. The molecule has 112 valence electrons. The highest BCUT2D eigenvalue weighted by Gasteiger charge is 2.08. The van der Waals surface area contributed by atoms with Crippen molar-refractivity contribution >= 4 is 10.1 Å². The summed E-state index contributed by atoms with van der Waals surface area (Å²) in [6.45, 7) is 2.63. The predicted molar refractivity (Wildman–Crippen MR) is 81.3 cm³/mol. The molecule has 0 atom stereocenters. The Kier molecular flexibility index (Phi) is 4.98. The molecule has 0 aliphatic rings. The molecule has 2 rings (SSSR count). The Morgan fingerprint density at radius 2 is 1.62 bits per heavy atom. The van der Waals surface area contributed by atoms with Crippen LogP contribution >= 0.6 is 0 Å². The molecule has 0 aliphatic heterocycles. The highest BCUT2D eigenvalue weighted by Crippen LogP contribution is 2.13. The van der Waals surface area contributed by atoms with Crippen LogP contribution in [0.5, 0.6) is 5.75 Å². The van der Waals surface area contributed by atoms with Crippen LogP contribution in [0.1, 0.15) is 17.5 Å². The van der Waals surface area contributed by atoms with Crippen LogP contribution in [0.15, 0.2) is 53.4 Å². The van der Waals surface area contributed by atoms with Crippen LogP contribution < -0.4 is 4.74 Å². The van der Waals surface area contributed by atoms with Crippen molar-refractivity contribution < 1.29 is 17.7 Å². The van der Waals surface area contributed by atoms with Crippen LogP contribution in [0.2, 0.25) is 0 Å². The first kappa shape index (κ1) is 15.5. The maximum Gasteiger partial charge on any atom is 0.294 e. The van der Waals surface area contributed by atoms with Crippen LogP contribution in [-0.2, 0) is 16.5 Å². The Morgan fingerprint density at radius 3 is 2.19 bits per heavy atom. The highest BCUT2D eigenvalue weighted by atomic mass is 32.2. The lowest BCUT2D eigenvalue weighted by atomic mass is 10.1. The standard InChI is InChI=1S/C16H18O4S/c1-13-4-8-15(9-5-13)20-12-2-3-14-6-10-16(11-7-14)21(17,18)19/h4-11H,2-3,12H2,1H3,(H,17,18,19). The van der Waals surface area contributed by atoms with Gasteiger partial charge in [0.2, 0.25) is 0 Å². The van der Waals surface area contributed by atoms with Gasteiger partial charge in [-0.2, -0.15) is 8.42 Å². The van der Waals surface area contributed by atoms with E-state index in [4.69, 9.17) is 9.29 Å². The average molecular weight is 306 g/mol. The Bertz CT molecular complexity index is 673. The number of aryl methyl sites for hydroxylation is 2. The molecule has 4 nitrogen and oxygen atoms in total. The number of ether oxygens (including phenoxy) is 1. The van der Waals surface area contributed by atoms with E-state index in [-0.39, 0.29) is 4.90 Å². The van der Waals surface area contributed by atoms with E-state index in [1.54, 1.807) is 12.1 Å². The molecular formula is C16H18O4S. The SMILES string of the molecule is Cc1ccc(OCCCc2ccc(S(=O)(=O)O)cc2)cc1. The topological polar surface area (TPSA) is 63.6 Å². The zero-order valence-corrected chi connectivity index (χ0v) is 12.6. The van der Waals surface area contributed by atoms with Gasteiger partial charge in [0.25, 0.3) is 10.1 Å². The molecule has 0 radical (unpaired) electrons. The lowest BCUT2D eigenvalue weighted by molar-refractivity contribution is 0.311. The van der Waals surface area contributed by atoms with Gasteiger partial charge < -0.3 is 4.74 Å². The highest BCUT2D eigenvalue weighted by molar-refractivity contribution is 7.85. The molecule has 0 aliphatic carbocycles. The summed E-state index contributed by atoms with van der Waals surface area (Å²) in [7, 11) is -4.11. The van der Waals surface area contributed by atoms with Crippen molar-refractivity contribution in [2.24, 2.45) is 0 Å². The van der Waals surface area contributed by atoms with Crippen molar-refractivity contribution in [3.8, 4) is 5.75 Å². The van der Waals surface area contributed by atoms with E-state index < -0.39 is 10.1 Å². The number of rotatable bonds is 6. The van der Waals surface area contributed by atoms with E-state index in [0.717, 1.165) is 24.2 Å². The van der Waals surface area contributed by atoms with E-state index in [1.807, 2.05) is 31.2 Å². The molecule has 2 aromatic rings. The van der Waals surface area contributed by atoms with Crippen LogP contribution in [0.25, 0.3) is 0 Å². The minimum absolute atomic E-state index is 0.0813.